The third kappa shape index (κ3) is 4.62. The van der Waals surface area contributed by atoms with Gasteiger partial charge in [0.05, 0.1) is 26.2 Å². The van der Waals surface area contributed by atoms with E-state index < -0.39 is 55.0 Å². The van der Waals surface area contributed by atoms with E-state index in [4.69, 9.17) is 14.6 Å². The zero-order valence-corrected chi connectivity index (χ0v) is 12.8. The minimum atomic E-state index is -1.38. The molecule has 0 aromatic carbocycles. The summed E-state index contributed by atoms with van der Waals surface area (Å²) in [6.45, 7) is 2.22. The van der Waals surface area contributed by atoms with Crippen molar-refractivity contribution in [3.05, 3.63) is 0 Å². The molecule has 0 aliphatic carbocycles. The number of aliphatic hydroxyl groups excluding tert-OH is 3. The van der Waals surface area contributed by atoms with Gasteiger partial charge in [-0.15, -0.1) is 0 Å². The number of nitrogens with one attached hydrogen (secondary N) is 1. The molecule has 0 unspecified atom stereocenters. The van der Waals surface area contributed by atoms with Crippen LogP contribution in [0.2, 0.25) is 0 Å². The highest BCUT2D eigenvalue weighted by molar-refractivity contribution is 5.73. The number of rotatable bonds is 6. The first-order valence-electron chi connectivity index (χ1n) is 6.90. The van der Waals surface area contributed by atoms with Gasteiger partial charge < -0.3 is 34.8 Å². The molecule has 9 nitrogen and oxygen atoms in total. The predicted octanol–water partition coefficient (Wildman–Crippen LogP) is -2.24. The van der Waals surface area contributed by atoms with Crippen molar-refractivity contribution in [2.24, 2.45) is 5.92 Å². The highest BCUT2D eigenvalue weighted by Crippen LogP contribution is 2.22. The van der Waals surface area contributed by atoms with E-state index in [2.05, 4.69) is 10.1 Å². The Balaban J connectivity index is 2.76. The molecule has 0 saturated carbocycles. The molecule has 1 saturated heterocycles. The normalized spacial score (nSPS) is 33.1. The Morgan fingerprint density at radius 3 is 2.45 bits per heavy atom. The number of amides is 1. The summed E-state index contributed by atoms with van der Waals surface area (Å²) < 4.78 is 15.3. The van der Waals surface area contributed by atoms with E-state index in [9.17, 15) is 19.8 Å². The summed E-state index contributed by atoms with van der Waals surface area (Å²) in [7, 11) is 1.25. The average Bonchev–Trinajstić information content (AvgIpc) is 2.49. The quantitative estimate of drug-likeness (QED) is 0.403. The molecule has 0 bridgehead atoms. The van der Waals surface area contributed by atoms with Crippen molar-refractivity contribution in [1.82, 2.24) is 5.32 Å². The number of esters is 1. The van der Waals surface area contributed by atoms with Crippen LogP contribution in [0.3, 0.4) is 0 Å². The number of hydrogen-bond donors (Lipinski definition) is 4. The van der Waals surface area contributed by atoms with E-state index in [1.807, 2.05) is 0 Å². The van der Waals surface area contributed by atoms with Crippen LogP contribution in [0.1, 0.15) is 13.8 Å². The minimum absolute atomic E-state index is 0.0750. The number of ether oxygens (including phenoxy) is 3. The van der Waals surface area contributed by atoms with Crippen LogP contribution in [0, 0.1) is 5.92 Å². The van der Waals surface area contributed by atoms with Crippen LogP contribution in [-0.2, 0) is 23.8 Å². The smallest absolute Gasteiger partial charge is 0.310 e. The fourth-order valence-corrected chi connectivity index (χ4v) is 2.12. The minimum Gasteiger partial charge on any atom is -0.469 e. The Morgan fingerprint density at radius 1 is 1.32 bits per heavy atom. The Hall–Kier alpha value is -1.26. The molecule has 0 aromatic rings. The van der Waals surface area contributed by atoms with E-state index in [0.29, 0.717) is 0 Å². The molecule has 1 fully saturated rings. The molecule has 1 aliphatic rings. The molecule has 1 amide bonds. The second-order valence-corrected chi connectivity index (χ2v) is 5.19. The summed E-state index contributed by atoms with van der Waals surface area (Å²) in [5.41, 5.74) is 0. The first-order chi connectivity index (χ1) is 10.3. The fraction of sp³-hybridized carbons (Fsp3) is 0.846. The second-order valence-electron chi connectivity index (χ2n) is 5.19. The number of hydrogen-bond acceptors (Lipinski definition) is 8. The molecule has 1 heterocycles. The number of methoxy groups -OCH3 is 1. The standard InChI is InChI=1S/C13H23NO8/c1-6(12(19)20-3)5-21-13-9(14-7(2)16)11(18)10(17)8(4-15)22-13/h6,8-11,13,15,17-18H,4-5H2,1-3H3,(H,14,16)/t6-,8+,9+,10+,11+,13+/m0/s1. The molecule has 128 valence electrons. The monoisotopic (exact) mass is 321 g/mol. The van der Waals surface area contributed by atoms with Crippen molar-refractivity contribution in [2.75, 3.05) is 20.3 Å². The molecule has 22 heavy (non-hydrogen) atoms. The van der Waals surface area contributed by atoms with Crippen molar-refractivity contribution >= 4 is 11.9 Å². The molecular weight excluding hydrogens is 298 g/mol. The van der Waals surface area contributed by atoms with Crippen molar-refractivity contribution in [2.45, 2.75) is 44.5 Å². The predicted molar refractivity (Wildman–Crippen MR) is 72.5 cm³/mol. The largest absolute Gasteiger partial charge is 0.469 e. The van der Waals surface area contributed by atoms with E-state index in [-0.39, 0.29) is 6.61 Å². The third-order valence-corrected chi connectivity index (χ3v) is 3.36. The van der Waals surface area contributed by atoms with E-state index in [1.54, 1.807) is 6.92 Å². The number of aliphatic hydroxyl groups is 3. The number of carbonyl (C=O) groups is 2. The van der Waals surface area contributed by atoms with Gasteiger partial charge in [0.25, 0.3) is 0 Å². The maximum absolute atomic E-state index is 11.3. The molecule has 0 spiro atoms. The molecule has 4 N–H and O–H groups in total. The molecule has 1 rings (SSSR count). The van der Waals surface area contributed by atoms with Gasteiger partial charge in [0, 0.05) is 6.92 Å². The van der Waals surface area contributed by atoms with Crippen LogP contribution in [0.25, 0.3) is 0 Å². The van der Waals surface area contributed by atoms with Crippen molar-refractivity contribution in [3.8, 4) is 0 Å². The van der Waals surface area contributed by atoms with Gasteiger partial charge in [-0.05, 0) is 6.92 Å². The second kappa shape index (κ2) is 8.39. The Morgan fingerprint density at radius 2 is 1.95 bits per heavy atom. The summed E-state index contributed by atoms with van der Waals surface area (Å²) in [6.07, 6.45) is -4.93. The van der Waals surface area contributed by atoms with Crippen molar-refractivity contribution in [3.63, 3.8) is 0 Å². The lowest BCUT2D eigenvalue weighted by molar-refractivity contribution is -0.272. The Kier molecular flexibility index (Phi) is 7.17. The lowest BCUT2D eigenvalue weighted by atomic mass is 9.97. The zero-order valence-electron chi connectivity index (χ0n) is 12.8. The van der Waals surface area contributed by atoms with Gasteiger partial charge in [0.1, 0.15) is 24.4 Å². The maximum Gasteiger partial charge on any atom is 0.310 e. The first-order valence-corrected chi connectivity index (χ1v) is 6.90. The summed E-state index contributed by atoms with van der Waals surface area (Å²) in [4.78, 5) is 22.6. The zero-order chi connectivity index (χ0) is 16.9. The van der Waals surface area contributed by atoms with E-state index in [1.165, 1.54) is 14.0 Å². The Labute approximate surface area is 128 Å². The molecule has 0 aromatic heterocycles. The van der Waals surface area contributed by atoms with Crippen molar-refractivity contribution < 1.29 is 39.1 Å². The topological polar surface area (TPSA) is 135 Å². The van der Waals surface area contributed by atoms with Gasteiger partial charge in [0.15, 0.2) is 6.29 Å². The van der Waals surface area contributed by atoms with Crippen molar-refractivity contribution in [1.29, 1.82) is 0 Å². The summed E-state index contributed by atoms with van der Waals surface area (Å²) in [6, 6.07) is -1.03. The third-order valence-electron chi connectivity index (χ3n) is 3.36. The van der Waals surface area contributed by atoms with Crippen LogP contribution in [-0.4, -0.2) is 78.2 Å². The lowest BCUT2D eigenvalue weighted by Gasteiger charge is -2.42. The molecular formula is C13H23NO8. The highest BCUT2D eigenvalue weighted by Gasteiger charge is 2.45. The van der Waals surface area contributed by atoms with E-state index >= 15 is 0 Å². The SMILES string of the molecule is COC(=O)[C@@H](C)CO[C@@H]1O[C@H](CO)[C@@H](O)[C@H](O)[C@H]1NC(C)=O. The first kappa shape index (κ1) is 18.8. The van der Waals surface area contributed by atoms with Crippen LogP contribution in [0.5, 0.6) is 0 Å². The Bertz CT molecular complexity index is 390. The lowest BCUT2D eigenvalue weighted by Crippen LogP contribution is -2.64. The van der Waals surface area contributed by atoms with Gasteiger partial charge in [0.2, 0.25) is 5.91 Å². The highest BCUT2D eigenvalue weighted by atomic mass is 16.7. The molecule has 1 aliphatic heterocycles. The van der Waals surface area contributed by atoms with Gasteiger partial charge in [-0.3, -0.25) is 9.59 Å². The number of carbonyl (C=O) groups excluding carboxylic acids is 2. The molecule has 9 heteroatoms. The fourth-order valence-electron chi connectivity index (χ4n) is 2.12. The van der Waals surface area contributed by atoms with Gasteiger partial charge in [-0.2, -0.15) is 0 Å². The average molecular weight is 321 g/mol. The van der Waals surface area contributed by atoms with Crippen LogP contribution in [0.15, 0.2) is 0 Å². The van der Waals surface area contributed by atoms with Crippen LogP contribution >= 0.6 is 0 Å². The van der Waals surface area contributed by atoms with E-state index in [0.717, 1.165) is 0 Å². The summed E-state index contributed by atoms with van der Waals surface area (Å²) in [5, 5.41) is 31.5. The molecule has 0 radical (unpaired) electrons. The molecule has 6 atom stereocenters. The van der Waals surface area contributed by atoms with Gasteiger partial charge >= 0.3 is 5.97 Å². The van der Waals surface area contributed by atoms with Gasteiger partial charge in [-0.25, -0.2) is 0 Å². The van der Waals surface area contributed by atoms with Crippen LogP contribution < -0.4 is 5.32 Å². The van der Waals surface area contributed by atoms with Gasteiger partial charge in [-0.1, -0.05) is 0 Å². The summed E-state index contributed by atoms with van der Waals surface area (Å²) in [5.74, 6) is -1.51. The maximum atomic E-state index is 11.3. The summed E-state index contributed by atoms with van der Waals surface area (Å²) >= 11 is 0. The van der Waals surface area contributed by atoms with Crippen LogP contribution in [0.4, 0.5) is 0 Å².